The van der Waals surface area contributed by atoms with E-state index >= 15 is 0 Å². The van der Waals surface area contributed by atoms with Gasteiger partial charge in [-0.25, -0.2) is 14.2 Å². The van der Waals surface area contributed by atoms with Crippen molar-refractivity contribution < 1.29 is 18.7 Å². The molecule has 0 unspecified atom stereocenters. The van der Waals surface area contributed by atoms with Crippen molar-refractivity contribution in [1.82, 2.24) is 10.3 Å². The van der Waals surface area contributed by atoms with Crippen LogP contribution in [0.1, 0.15) is 33.2 Å². The molecule has 0 aliphatic carbocycles. The minimum Gasteiger partial charge on any atom is -0.462 e. The number of aromatic nitrogens is 1. The maximum absolute atomic E-state index is 13.1. The van der Waals surface area contributed by atoms with Crippen LogP contribution in [0.15, 0.2) is 78.0 Å². The van der Waals surface area contributed by atoms with Crippen molar-refractivity contribution in [3.63, 3.8) is 0 Å². The zero-order chi connectivity index (χ0) is 22.1. The van der Waals surface area contributed by atoms with Gasteiger partial charge in [0.2, 0.25) is 5.96 Å². The second-order valence-corrected chi connectivity index (χ2v) is 6.41. The molecular weight excluding hydrogens is 399 g/mol. The molecule has 0 saturated carbocycles. The fraction of sp³-hybridized carbons (Fsp3) is 0.130. The summed E-state index contributed by atoms with van der Waals surface area (Å²) in [6.07, 6.45) is 3.34. The summed E-state index contributed by atoms with van der Waals surface area (Å²) >= 11 is 0. The molecule has 1 aromatic heterocycles. The van der Waals surface area contributed by atoms with Crippen LogP contribution in [0.3, 0.4) is 0 Å². The molecule has 1 heterocycles. The van der Waals surface area contributed by atoms with Crippen LogP contribution in [0.5, 0.6) is 0 Å². The molecule has 0 aliphatic heterocycles. The number of anilines is 1. The molecule has 8 heteroatoms. The average molecular weight is 420 g/mol. The lowest BCUT2D eigenvalue weighted by Crippen LogP contribution is -2.36. The third kappa shape index (κ3) is 6.46. The summed E-state index contributed by atoms with van der Waals surface area (Å²) in [5.41, 5.74) is 2.17. The molecule has 0 aliphatic rings. The first-order valence-electron chi connectivity index (χ1n) is 9.59. The van der Waals surface area contributed by atoms with Gasteiger partial charge in [-0.3, -0.25) is 15.1 Å². The second kappa shape index (κ2) is 10.6. The summed E-state index contributed by atoms with van der Waals surface area (Å²) < 4.78 is 18.1. The number of carbonyl (C=O) groups excluding carboxylic acids is 2. The van der Waals surface area contributed by atoms with E-state index in [1.807, 2.05) is 6.07 Å². The number of ether oxygens (including phenoxy) is 1. The lowest BCUT2D eigenvalue weighted by atomic mass is 10.2. The number of carbonyl (C=O) groups is 2. The van der Waals surface area contributed by atoms with E-state index in [0.29, 0.717) is 17.9 Å². The van der Waals surface area contributed by atoms with Gasteiger partial charge in [0, 0.05) is 23.6 Å². The number of esters is 1. The molecule has 31 heavy (non-hydrogen) atoms. The predicted molar refractivity (Wildman–Crippen MR) is 115 cm³/mol. The minimum atomic E-state index is -0.444. The maximum atomic E-state index is 13.1. The van der Waals surface area contributed by atoms with Gasteiger partial charge >= 0.3 is 5.97 Å². The zero-order valence-electron chi connectivity index (χ0n) is 16.8. The van der Waals surface area contributed by atoms with E-state index in [1.54, 1.807) is 49.6 Å². The predicted octanol–water partition coefficient (Wildman–Crippen LogP) is 3.80. The van der Waals surface area contributed by atoms with Crippen molar-refractivity contribution in [2.75, 3.05) is 11.9 Å². The highest BCUT2D eigenvalue weighted by Gasteiger charge is 2.11. The summed E-state index contributed by atoms with van der Waals surface area (Å²) in [4.78, 5) is 32.8. The second-order valence-electron chi connectivity index (χ2n) is 6.41. The Balaban J connectivity index is 1.77. The number of guanidine groups is 1. The number of pyridine rings is 1. The molecule has 2 N–H and O–H groups in total. The fourth-order valence-corrected chi connectivity index (χ4v) is 2.59. The monoisotopic (exact) mass is 420 g/mol. The average Bonchev–Trinajstić information content (AvgIpc) is 2.79. The highest BCUT2D eigenvalue weighted by molar-refractivity contribution is 6.10. The Morgan fingerprint density at radius 3 is 2.39 bits per heavy atom. The number of hydrogen-bond donors (Lipinski definition) is 2. The molecule has 3 aromatic rings. The largest absolute Gasteiger partial charge is 0.462 e. The fourth-order valence-electron chi connectivity index (χ4n) is 2.59. The standard InChI is InChI=1S/C23H21FN4O3/c1-2-31-22(30)18-7-11-20(12-8-18)27-23(26-15-16-4-3-13-25-14-16)28-21(29)17-5-9-19(24)10-6-17/h3-14H,2,15H2,1H3,(H2,26,27,28,29). The van der Waals surface area contributed by atoms with E-state index in [2.05, 4.69) is 20.6 Å². The number of hydrogen-bond acceptors (Lipinski definition) is 5. The number of nitrogens with one attached hydrogen (secondary N) is 2. The van der Waals surface area contributed by atoms with Gasteiger partial charge in [0.1, 0.15) is 5.82 Å². The van der Waals surface area contributed by atoms with E-state index in [4.69, 9.17) is 4.74 Å². The first kappa shape index (κ1) is 21.6. The summed E-state index contributed by atoms with van der Waals surface area (Å²) in [6.45, 7) is 2.31. The van der Waals surface area contributed by atoms with E-state index < -0.39 is 17.7 Å². The van der Waals surface area contributed by atoms with Crippen molar-refractivity contribution in [2.24, 2.45) is 4.99 Å². The first-order chi connectivity index (χ1) is 15.0. The zero-order valence-corrected chi connectivity index (χ0v) is 16.8. The SMILES string of the molecule is CCOC(=O)c1ccc(NC(=NCc2cccnc2)NC(=O)c2ccc(F)cc2)cc1. The van der Waals surface area contributed by atoms with Gasteiger partial charge in [-0.15, -0.1) is 0 Å². The molecular formula is C23H21FN4O3. The van der Waals surface area contributed by atoms with E-state index in [1.165, 1.54) is 24.3 Å². The Morgan fingerprint density at radius 2 is 1.74 bits per heavy atom. The Morgan fingerprint density at radius 1 is 1.03 bits per heavy atom. The van der Waals surface area contributed by atoms with Crippen molar-refractivity contribution >= 4 is 23.5 Å². The van der Waals surface area contributed by atoms with Crippen LogP contribution in [0.4, 0.5) is 10.1 Å². The van der Waals surface area contributed by atoms with Gasteiger partial charge in [0.25, 0.3) is 5.91 Å². The van der Waals surface area contributed by atoms with Crippen LogP contribution in [-0.4, -0.2) is 29.4 Å². The lowest BCUT2D eigenvalue weighted by molar-refractivity contribution is 0.0526. The number of rotatable bonds is 6. The van der Waals surface area contributed by atoms with Crippen molar-refractivity contribution in [3.8, 4) is 0 Å². The molecule has 0 radical (unpaired) electrons. The minimum absolute atomic E-state index is 0.196. The van der Waals surface area contributed by atoms with E-state index in [9.17, 15) is 14.0 Å². The Hall–Kier alpha value is -4.07. The topological polar surface area (TPSA) is 92.7 Å². The van der Waals surface area contributed by atoms with Crippen LogP contribution < -0.4 is 10.6 Å². The van der Waals surface area contributed by atoms with E-state index in [-0.39, 0.29) is 18.1 Å². The summed E-state index contributed by atoms with van der Waals surface area (Å²) in [7, 11) is 0. The van der Waals surface area contributed by atoms with Crippen LogP contribution in [-0.2, 0) is 11.3 Å². The lowest BCUT2D eigenvalue weighted by Gasteiger charge is -2.12. The number of benzene rings is 2. The third-order valence-corrected chi connectivity index (χ3v) is 4.14. The number of nitrogens with zero attached hydrogens (tertiary/aromatic N) is 2. The van der Waals surface area contributed by atoms with Gasteiger partial charge in [-0.05, 0) is 67.1 Å². The molecule has 0 fully saturated rings. The number of aliphatic imine (C=N–C) groups is 1. The van der Waals surface area contributed by atoms with Crippen molar-refractivity contribution in [2.45, 2.75) is 13.5 Å². The normalized spacial score (nSPS) is 11.0. The highest BCUT2D eigenvalue weighted by atomic mass is 19.1. The summed E-state index contributed by atoms with van der Waals surface area (Å²) in [6, 6.07) is 15.4. The molecule has 0 spiro atoms. The van der Waals surface area contributed by atoms with E-state index in [0.717, 1.165) is 5.56 Å². The number of amides is 1. The molecule has 0 bridgehead atoms. The summed E-state index contributed by atoms with van der Waals surface area (Å²) in [5.74, 6) is -1.09. The van der Waals surface area contributed by atoms with Gasteiger partial charge in [-0.1, -0.05) is 6.07 Å². The Bertz CT molecular complexity index is 1050. The van der Waals surface area contributed by atoms with Crippen LogP contribution in [0.2, 0.25) is 0 Å². The van der Waals surface area contributed by atoms with Crippen LogP contribution in [0.25, 0.3) is 0 Å². The smallest absolute Gasteiger partial charge is 0.338 e. The quantitative estimate of drug-likeness (QED) is 0.360. The molecule has 158 valence electrons. The molecule has 2 aromatic carbocycles. The van der Waals surface area contributed by atoms with Gasteiger partial charge in [-0.2, -0.15) is 0 Å². The Kier molecular flexibility index (Phi) is 7.42. The molecule has 0 atom stereocenters. The van der Waals surface area contributed by atoms with Gasteiger partial charge in [0.15, 0.2) is 0 Å². The molecule has 1 amide bonds. The van der Waals surface area contributed by atoms with Gasteiger partial charge in [0.05, 0.1) is 18.7 Å². The highest BCUT2D eigenvalue weighted by Crippen LogP contribution is 2.11. The molecule has 7 nitrogen and oxygen atoms in total. The summed E-state index contributed by atoms with van der Waals surface area (Å²) in [5, 5.41) is 5.73. The molecule has 3 rings (SSSR count). The first-order valence-corrected chi connectivity index (χ1v) is 9.59. The van der Waals surface area contributed by atoms with Crippen LogP contribution >= 0.6 is 0 Å². The Labute approximate surface area is 179 Å². The number of halogens is 1. The molecule has 0 saturated heterocycles. The third-order valence-electron chi connectivity index (χ3n) is 4.14. The van der Waals surface area contributed by atoms with Crippen LogP contribution in [0, 0.1) is 5.82 Å². The van der Waals surface area contributed by atoms with Crippen molar-refractivity contribution in [3.05, 3.63) is 95.6 Å². The van der Waals surface area contributed by atoms with Crippen molar-refractivity contribution in [1.29, 1.82) is 0 Å². The van der Waals surface area contributed by atoms with Gasteiger partial charge < -0.3 is 10.1 Å². The maximum Gasteiger partial charge on any atom is 0.338 e.